The molecule has 3 nitrogen and oxygen atoms in total. The minimum atomic E-state index is -0.512. The number of ether oxygens (including phenoxy) is 1. The van der Waals surface area contributed by atoms with Crippen LogP contribution in [-0.4, -0.2) is 17.9 Å². The fraction of sp³-hybridized carbons (Fsp3) is 0.200. The van der Waals surface area contributed by atoms with E-state index in [4.69, 9.17) is 16.3 Å². The number of rotatable bonds is 4. The second-order valence-electron chi connectivity index (χ2n) is 4.37. The van der Waals surface area contributed by atoms with Gasteiger partial charge in [0.15, 0.2) is 5.78 Å². The molecule has 0 bridgehead atoms. The minimum Gasteiger partial charge on any atom is -0.454 e. The summed E-state index contributed by atoms with van der Waals surface area (Å²) in [4.78, 5) is 22.8. The maximum atomic E-state index is 11.6. The molecule has 2 rings (SSSR count). The van der Waals surface area contributed by atoms with Gasteiger partial charge in [0.05, 0.1) is 5.92 Å². The lowest BCUT2D eigenvalue weighted by Crippen LogP contribution is -2.23. The highest BCUT2D eigenvalue weighted by molar-refractivity contribution is 6.30. The molecule has 2 atom stereocenters. The van der Waals surface area contributed by atoms with Gasteiger partial charge in [-0.15, -0.1) is 0 Å². The summed E-state index contributed by atoms with van der Waals surface area (Å²) in [5.74, 6) is -0.950. The molecule has 1 heterocycles. The lowest BCUT2D eigenvalue weighted by Gasteiger charge is -2.23. The molecule has 0 amide bonds. The Labute approximate surface area is 116 Å². The third-order valence-corrected chi connectivity index (χ3v) is 3.27. The zero-order valence-corrected chi connectivity index (χ0v) is 11.2. The molecule has 0 spiro atoms. The molecule has 0 saturated carbocycles. The lowest BCUT2D eigenvalue weighted by atomic mass is 9.85. The fourth-order valence-corrected chi connectivity index (χ4v) is 2.27. The molecular weight excluding hydrogens is 264 g/mol. The Hall–Kier alpha value is -1.87. The first-order valence-corrected chi connectivity index (χ1v) is 6.21. The van der Waals surface area contributed by atoms with Crippen molar-refractivity contribution in [2.45, 2.75) is 18.9 Å². The smallest absolute Gasteiger partial charge is 0.331 e. The van der Waals surface area contributed by atoms with E-state index < -0.39 is 18.0 Å². The molecular formula is C15H13ClO3. The molecule has 0 fully saturated rings. The van der Waals surface area contributed by atoms with Gasteiger partial charge in [-0.05, 0) is 36.3 Å². The largest absolute Gasteiger partial charge is 0.454 e. The minimum absolute atomic E-state index is 0.138. The summed E-state index contributed by atoms with van der Waals surface area (Å²) in [6.45, 7) is 5.26. The van der Waals surface area contributed by atoms with Crippen LogP contribution in [0.1, 0.15) is 18.4 Å². The van der Waals surface area contributed by atoms with Crippen molar-refractivity contribution >= 4 is 23.4 Å². The molecule has 0 saturated heterocycles. The summed E-state index contributed by atoms with van der Waals surface area (Å²) in [6.07, 6.45) is 2.49. The van der Waals surface area contributed by atoms with Crippen molar-refractivity contribution in [2.24, 2.45) is 0 Å². The van der Waals surface area contributed by atoms with Gasteiger partial charge in [0, 0.05) is 11.1 Å². The maximum Gasteiger partial charge on any atom is 0.331 e. The van der Waals surface area contributed by atoms with Crippen LogP contribution < -0.4 is 0 Å². The first-order valence-electron chi connectivity index (χ1n) is 5.83. The molecule has 1 aliphatic rings. The van der Waals surface area contributed by atoms with E-state index in [2.05, 4.69) is 6.58 Å². The zero-order valence-electron chi connectivity index (χ0n) is 10.4. The van der Waals surface area contributed by atoms with Gasteiger partial charge in [0.25, 0.3) is 0 Å². The number of halogens is 1. The van der Waals surface area contributed by atoms with Crippen LogP contribution in [0.4, 0.5) is 0 Å². The second-order valence-corrected chi connectivity index (χ2v) is 4.81. The summed E-state index contributed by atoms with van der Waals surface area (Å²) in [7, 11) is 0. The van der Waals surface area contributed by atoms with Crippen molar-refractivity contribution in [2.75, 3.05) is 0 Å². The predicted octanol–water partition coefficient (Wildman–Crippen LogP) is 3.05. The van der Waals surface area contributed by atoms with Crippen molar-refractivity contribution in [1.29, 1.82) is 0 Å². The van der Waals surface area contributed by atoms with Crippen LogP contribution in [0.2, 0.25) is 5.02 Å². The van der Waals surface area contributed by atoms with Crippen LogP contribution in [0.3, 0.4) is 0 Å². The predicted molar refractivity (Wildman–Crippen MR) is 73.0 cm³/mol. The molecule has 0 N–H and O–H groups in total. The van der Waals surface area contributed by atoms with Gasteiger partial charge in [-0.3, -0.25) is 4.79 Å². The number of cyclic esters (lactones) is 1. The number of ketones is 1. The van der Waals surface area contributed by atoms with Crippen LogP contribution in [0, 0.1) is 0 Å². The standard InChI is InChI=1S/C15H13ClO3/c1-9(10(2)17)15(13-6-7-14(18)19-13)11-4-3-5-12(16)8-11/h3-8,13,15H,1H2,2H3/t13-,15-/m0/s1. The number of hydrogen-bond donors (Lipinski definition) is 0. The Morgan fingerprint density at radius 2 is 2.21 bits per heavy atom. The molecule has 19 heavy (non-hydrogen) atoms. The normalized spacial score (nSPS) is 19.1. The molecule has 0 radical (unpaired) electrons. The van der Waals surface area contributed by atoms with E-state index in [1.165, 1.54) is 13.0 Å². The van der Waals surface area contributed by atoms with Gasteiger partial charge in [0.1, 0.15) is 6.10 Å². The average molecular weight is 277 g/mol. The number of carbonyl (C=O) groups excluding carboxylic acids is 2. The summed E-state index contributed by atoms with van der Waals surface area (Å²) in [5, 5.41) is 0.562. The first-order chi connectivity index (χ1) is 8.99. The van der Waals surface area contributed by atoms with E-state index in [-0.39, 0.29) is 5.78 Å². The molecule has 0 aromatic heterocycles. The van der Waals surface area contributed by atoms with Gasteiger partial charge >= 0.3 is 5.97 Å². The molecule has 98 valence electrons. The molecule has 0 aliphatic carbocycles. The number of carbonyl (C=O) groups is 2. The van der Waals surface area contributed by atoms with Gasteiger partial charge in [0.2, 0.25) is 0 Å². The van der Waals surface area contributed by atoms with Crippen molar-refractivity contribution in [1.82, 2.24) is 0 Å². The topological polar surface area (TPSA) is 43.4 Å². The van der Waals surface area contributed by atoms with Gasteiger partial charge in [-0.2, -0.15) is 0 Å². The SMILES string of the molecule is C=C(C(C)=O)[C@@H](c1cccc(Cl)c1)[C@@H]1C=CC(=O)O1. The fourth-order valence-electron chi connectivity index (χ4n) is 2.07. The monoisotopic (exact) mass is 276 g/mol. The summed E-state index contributed by atoms with van der Waals surface area (Å²) >= 11 is 5.97. The molecule has 1 aromatic carbocycles. The number of Topliss-reactive ketones (excluding diaryl/α,β-unsaturated/α-hetero) is 1. The quantitative estimate of drug-likeness (QED) is 0.627. The van der Waals surface area contributed by atoms with E-state index in [0.29, 0.717) is 10.6 Å². The van der Waals surface area contributed by atoms with Crippen LogP contribution >= 0.6 is 11.6 Å². The molecule has 4 heteroatoms. The second kappa shape index (κ2) is 5.41. The van der Waals surface area contributed by atoms with Crippen LogP contribution in [0.25, 0.3) is 0 Å². The van der Waals surface area contributed by atoms with Gasteiger partial charge in [-0.25, -0.2) is 4.79 Å². The lowest BCUT2D eigenvalue weighted by molar-refractivity contribution is -0.139. The summed E-state index contributed by atoms with van der Waals surface area (Å²) < 4.78 is 5.18. The van der Waals surface area contributed by atoms with Crippen molar-refractivity contribution in [3.8, 4) is 0 Å². The maximum absolute atomic E-state index is 11.6. The highest BCUT2D eigenvalue weighted by Crippen LogP contribution is 2.33. The van der Waals surface area contributed by atoms with E-state index >= 15 is 0 Å². The van der Waals surface area contributed by atoms with Gasteiger partial charge in [-0.1, -0.05) is 30.3 Å². The third-order valence-electron chi connectivity index (χ3n) is 3.04. The van der Waals surface area contributed by atoms with E-state index in [1.807, 2.05) is 6.07 Å². The van der Waals surface area contributed by atoms with Crippen molar-refractivity contribution in [3.63, 3.8) is 0 Å². The summed E-state index contributed by atoms with van der Waals surface area (Å²) in [5.41, 5.74) is 1.20. The van der Waals surface area contributed by atoms with Crippen molar-refractivity contribution in [3.05, 3.63) is 59.2 Å². The highest BCUT2D eigenvalue weighted by atomic mass is 35.5. The molecule has 1 aromatic rings. The Bertz CT molecular complexity index is 575. The molecule has 0 unspecified atom stereocenters. The van der Waals surface area contributed by atoms with Gasteiger partial charge < -0.3 is 4.74 Å². The van der Waals surface area contributed by atoms with E-state index in [9.17, 15) is 9.59 Å². The molecule has 1 aliphatic heterocycles. The summed E-state index contributed by atoms with van der Waals surface area (Å²) in [6, 6.07) is 7.12. The Morgan fingerprint density at radius 1 is 1.47 bits per heavy atom. The average Bonchev–Trinajstić information content (AvgIpc) is 2.76. The number of benzene rings is 1. The van der Waals surface area contributed by atoms with Crippen molar-refractivity contribution < 1.29 is 14.3 Å². The first kappa shape index (κ1) is 13.6. The number of esters is 1. The Balaban J connectivity index is 2.40. The zero-order chi connectivity index (χ0) is 14.0. The third kappa shape index (κ3) is 2.93. The number of hydrogen-bond acceptors (Lipinski definition) is 3. The van der Waals surface area contributed by atoms with Crippen LogP contribution in [0.15, 0.2) is 48.6 Å². The Kier molecular flexibility index (Phi) is 3.86. The Morgan fingerprint density at radius 3 is 2.74 bits per heavy atom. The van der Waals surface area contributed by atoms with Crippen LogP contribution in [0.5, 0.6) is 0 Å². The van der Waals surface area contributed by atoms with E-state index in [1.54, 1.807) is 24.3 Å². The van der Waals surface area contributed by atoms with E-state index in [0.717, 1.165) is 5.56 Å². The highest BCUT2D eigenvalue weighted by Gasteiger charge is 2.31. The van der Waals surface area contributed by atoms with Crippen LogP contribution in [-0.2, 0) is 14.3 Å².